The molecule has 0 radical (unpaired) electrons. The van der Waals surface area contributed by atoms with Crippen LogP contribution in [0.3, 0.4) is 0 Å². The predicted octanol–water partition coefficient (Wildman–Crippen LogP) is 1.83. The van der Waals surface area contributed by atoms with Crippen molar-refractivity contribution in [2.45, 2.75) is 18.9 Å². The van der Waals surface area contributed by atoms with E-state index in [0.717, 1.165) is 29.1 Å². The number of hydrogen-bond acceptors (Lipinski definition) is 2. The molecule has 1 saturated heterocycles. The minimum atomic E-state index is -0.727. The van der Waals surface area contributed by atoms with Crippen LogP contribution in [0.25, 0.3) is 0 Å². The van der Waals surface area contributed by atoms with Gasteiger partial charge in [0, 0.05) is 11.6 Å². The molecule has 76 valence electrons. The standard InChI is InChI=1S/C11H14ClNO/c1-8-9(3-2-4-10(8)12)11(14)5-6-13-7-11/h2-4,13-14H,5-7H2,1H3. The Kier molecular flexibility index (Phi) is 2.52. The van der Waals surface area contributed by atoms with Crippen LogP contribution in [0.5, 0.6) is 0 Å². The number of rotatable bonds is 1. The molecule has 2 rings (SSSR count). The fourth-order valence-corrected chi connectivity index (χ4v) is 2.19. The van der Waals surface area contributed by atoms with Gasteiger partial charge < -0.3 is 10.4 Å². The SMILES string of the molecule is Cc1c(Cl)cccc1C1(O)CCNC1. The molecule has 0 aliphatic carbocycles. The molecule has 0 saturated carbocycles. The molecule has 1 unspecified atom stereocenters. The molecule has 3 heteroatoms. The van der Waals surface area contributed by atoms with Crippen molar-refractivity contribution in [3.05, 3.63) is 34.3 Å². The summed E-state index contributed by atoms with van der Waals surface area (Å²) < 4.78 is 0. The summed E-state index contributed by atoms with van der Waals surface area (Å²) in [7, 11) is 0. The lowest BCUT2D eigenvalue weighted by atomic mass is 9.89. The van der Waals surface area contributed by atoms with Crippen molar-refractivity contribution >= 4 is 11.6 Å². The first kappa shape index (κ1) is 9.97. The monoisotopic (exact) mass is 211 g/mol. The molecule has 1 aromatic carbocycles. The van der Waals surface area contributed by atoms with Gasteiger partial charge in [-0.05, 0) is 37.1 Å². The molecule has 0 aromatic heterocycles. The lowest BCUT2D eigenvalue weighted by molar-refractivity contribution is 0.0581. The summed E-state index contributed by atoms with van der Waals surface area (Å²) >= 11 is 6.02. The molecule has 14 heavy (non-hydrogen) atoms. The number of halogens is 1. The van der Waals surface area contributed by atoms with E-state index in [2.05, 4.69) is 5.32 Å². The average molecular weight is 212 g/mol. The van der Waals surface area contributed by atoms with Crippen LogP contribution in [0.1, 0.15) is 17.5 Å². The molecule has 1 aliphatic heterocycles. The second-order valence-corrected chi connectivity index (χ2v) is 4.28. The average Bonchev–Trinajstić information content (AvgIpc) is 2.58. The Morgan fingerprint density at radius 1 is 1.50 bits per heavy atom. The van der Waals surface area contributed by atoms with Crippen molar-refractivity contribution in [2.75, 3.05) is 13.1 Å². The Balaban J connectivity index is 2.45. The molecule has 1 fully saturated rings. The van der Waals surface area contributed by atoms with Gasteiger partial charge in [0.2, 0.25) is 0 Å². The third-order valence-corrected chi connectivity index (χ3v) is 3.31. The van der Waals surface area contributed by atoms with E-state index in [1.807, 2.05) is 25.1 Å². The van der Waals surface area contributed by atoms with Crippen molar-refractivity contribution in [3.8, 4) is 0 Å². The van der Waals surface area contributed by atoms with Crippen molar-refractivity contribution in [2.24, 2.45) is 0 Å². The smallest absolute Gasteiger partial charge is 0.103 e. The highest BCUT2D eigenvalue weighted by molar-refractivity contribution is 6.31. The summed E-state index contributed by atoms with van der Waals surface area (Å²) in [6.45, 7) is 3.44. The molecule has 2 nitrogen and oxygen atoms in total. The van der Waals surface area contributed by atoms with Crippen LogP contribution in [0.2, 0.25) is 5.02 Å². The van der Waals surface area contributed by atoms with Gasteiger partial charge in [0.25, 0.3) is 0 Å². The van der Waals surface area contributed by atoms with E-state index in [9.17, 15) is 5.11 Å². The molecule has 1 aliphatic rings. The molecule has 0 bridgehead atoms. The van der Waals surface area contributed by atoms with Crippen LogP contribution in [0.4, 0.5) is 0 Å². The summed E-state index contributed by atoms with van der Waals surface area (Å²) in [5.74, 6) is 0. The third-order valence-electron chi connectivity index (χ3n) is 2.90. The molecule has 1 atom stereocenters. The van der Waals surface area contributed by atoms with Gasteiger partial charge in [-0.2, -0.15) is 0 Å². The lowest BCUT2D eigenvalue weighted by Gasteiger charge is -2.24. The molecule has 1 aromatic rings. The maximum atomic E-state index is 10.3. The van der Waals surface area contributed by atoms with Crippen molar-refractivity contribution in [3.63, 3.8) is 0 Å². The largest absolute Gasteiger partial charge is 0.384 e. The number of hydrogen-bond donors (Lipinski definition) is 2. The fraction of sp³-hybridized carbons (Fsp3) is 0.455. The number of aliphatic hydroxyl groups is 1. The van der Waals surface area contributed by atoms with Crippen molar-refractivity contribution in [1.82, 2.24) is 5.32 Å². The van der Waals surface area contributed by atoms with E-state index in [4.69, 9.17) is 11.6 Å². The molecule has 2 N–H and O–H groups in total. The van der Waals surface area contributed by atoms with E-state index in [0.29, 0.717) is 6.54 Å². The van der Waals surface area contributed by atoms with Crippen LogP contribution < -0.4 is 5.32 Å². The van der Waals surface area contributed by atoms with Gasteiger partial charge in [-0.1, -0.05) is 23.7 Å². The van der Waals surface area contributed by atoms with Gasteiger partial charge in [-0.25, -0.2) is 0 Å². The highest BCUT2D eigenvalue weighted by Crippen LogP contribution is 2.32. The predicted molar refractivity (Wildman–Crippen MR) is 57.6 cm³/mol. The Hall–Kier alpha value is -0.570. The first-order valence-electron chi connectivity index (χ1n) is 4.82. The van der Waals surface area contributed by atoms with Gasteiger partial charge in [0.05, 0.1) is 0 Å². The zero-order valence-electron chi connectivity index (χ0n) is 8.18. The summed E-state index contributed by atoms with van der Waals surface area (Å²) in [5.41, 5.74) is 1.21. The minimum Gasteiger partial charge on any atom is -0.384 e. The van der Waals surface area contributed by atoms with E-state index < -0.39 is 5.60 Å². The van der Waals surface area contributed by atoms with Crippen molar-refractivity contribution < 1.29 is 5.11 Å². The topological polar surface area (TPSA) is 32.3 Å². The van der Waals surface area contributed by atoms with Crippen molar-refractivity contribution in [1.29, 1.82) is 0 Å². The van der Waals surface area contributed by atoms with Crippen LogP contribution in [-0.2, 0) is 5.60 Å². The van der Waals surface area contributed by atoms with Gasteiger partial charge in [0.15, 0.2) is 0 Å². The van der Waals surface area contributed by atoms with Crippen LogP contribution in [0, 0.1) is 6.92 Å². The zero-order valence-corrected chi connectivity index (χ0v) is 8.93. The molecule has 0 spiro atoms. The zero-order chi connectivity index (χ0) is 10.2. The summed E-state index contributed by atoms with van der Waals surface area (Å²) in [5, 5.41) is 14.2. The molecule has 0 amide bonds. The number of nitrogens with one attached hydrogen (secondary N) is 1. The maximum Gasteiger partial charge on any atom is 0.103 e. The lowest BCUT2D eigenvalue weighted by Crippen LogP contribution is -2.29. The van der Waals surface area contributed by atoms with E-state index >= 15 is 0 Å². The van der Waals surface area contributed by atoms with E-state index in [1.165, 1.54) is 0 Å². The Labute approximate surface area is 88.9 Å². The first-order valence-corrected chi connectivity index (χ1v) is 5.20. The van der Waals surface area contributed by atoms with Gasteiger partial charge in [0.1, 0.15) is 5.60 Å². The van der Waals surface area contributed by atoms with Gasteiger partial charge in [-0.15, -0.1) is 0 Å². The summed E-state index contributed by atoms with van der Waals surface area (Å²) in [6.07, 6.45) is 0.758. The summed E-state index contributed by atoms with van der Waals surface area (Å²) in [4.78, 5) is 0. The molecular formula is C11H14ClNO. The van der Waals surface area contributed by atoms with Crippen LogP contribution >= 0.6 is 11.6 Å². The van der Waals surface area contributed by atoms with Gasteiger partial charge in [-0.3, -0.25) is 0 Å². The Morgan fingerprint density at radius 2 is 2.29 bits per heavy atom. The summed E-state index contributed by atoms with van der Waals surface area (Å²) in [6, 6.07) is 5.70. The maximum absolute atomic E-state index is 10.3. The first-order chi connectivity index (χ1) is 6.63. The minimum absolute atomic E-state index is 0.619. The Bertz CT molecular complexity index is 345. The number of β-amino-alcohol motifs (C(OH)–C–C–N with tert-alkyl or cyclic N) is 1. The second kappa shape index (κ2) is 3.54. The number of benzene rings is 1. The molecular weight excluding hydrogens is 198 g/mol. The second-order valence-electron chi connectivity index (χ2n) is 3.87. The normalized spacial score (nSPS) is 26.8. The third kappa shape index (κ3) is 1.54. The van der Waals surface area contributed by atoms with Gasteiger partial charge >= 0.3 is 0 Å². The Morgan fingerprint density at radius 3 is 2.93 bits per heavy atom. The van der Waals surface area contributed by atoms with E-state index in [-0.39, 0.29) is 0 Å². The fourth-order valence-electron chi connectivity index (χ4n) is 2.02. The highest BCUT2D eigenvalue weighted by atomic mass is 35.5. The van der Waals surface area contributed by atoms with E-state index in [1.54, 1.807) is 0 Å². The quantitative estimate of drug-likeness (QED) is 0.743. The van der Waals surface area contributed by atoms with Crippen LogP contribution in [-0.4, -0.2) is 18.2 Å². The highest BCUT2D eigenvalue weighted by Gasteiger charge is 2.34. The molecule has 1 heterocycles. The van der Waals surface area contributed by atoms with Crippen LogP contribution in [0.15, 0.2) is 18.2 Å².